The second-order valence-electron chi connectivity index (χ2n) is 11.4. The fraction of sp³-hybridized carbons (Fsp3) is 0.960. The summed E-state index contributed by atoms with van der Waals surface area (Å²) in [5.41, 5.74) is 12.9. The first kappa shape index (κ1) is 29.0. The maximum absolute atomic E-state index is 13.6. The first-order valence-corrected chi connectivity index (χ1v) is 13.8. The number of fused-ring (bicyclic) bond motifs is 1. The monoisotopic (exact) mass is 516 g/mol. The van der Waals surface area contributed by atoms with Crippen LogP contribution in [0.3, 0.4) is 0 Å². The lowest BCUT2D eigenvalue weighted by molar-refractivity contribution is -0.129. The van der Waals surface area contributed by atoms with Crippen LogP contribution in [0, 0.1) is 16.7 Å². The van der Waals surface area contributed by atoms with E-state index in [1.807, 2.05) is 14.1 Å². The zero-order valence-corrected chi connectivity index (χ0v) is 22.9. The molecule has 0 aromatic rings. The summed E-state index contributed by atoms with van der Waals surface area (Å²) in [6.07, 6.45) is 4.09. The lowest BCUT2D eigenvalue weighted by atomic mass is 9.78. The molecule has 2 saturated heterocycles. The Labute approximate surface area is 216 Å². The molecule has 0 aromatic carbocycles. The standard InChI is InChI=1S/C25H49ClN6O3/c1-5-25-13-18(30-14-17(26)12-24(25,2)16-25)21(22(27)28)23(33)31-19-15-29-7-6-20(19)35-11-10-34-9-8-32(3)4/h17-22,29-30H,5-16,27-28H2,1-4H3,(H,31,33). The topological polar surface area (TPSA) is 127 Å². The minimum atomic E-state index is -0.763. The van der Waals surface area contributed by atoms with Crippen LogP contribution in [0.1, 0.15) is 46.0 Å². The number of ether oxygens (including phenoxy) is 2. The molecule has 7 unspecified atom stereocenters. The molecule has 2 heterocycles. The molecular formula is C25H49ClN6O3. The second kappa shape index (κ2) is 12.8. The van der Waals surface area contributed by atoms with E-state index in [9.17, 15) is 4.79 Å². The van der Waals surface area contributed by atoms with Crippen molar-refractivity contribution in [3.8, 4) is 0 Å². The van der Waals surface area contributed by atoms with Gasteiger partial charge in [0.2, 0.25) is 5.91 Å². The van der Waals surface area contributed by atoms with Gasteiger partial charge in [-0.2, -0.15) is 0 Å². The van der Waals surface area contributed by atoms with Gasteiger partial charge >= 0.3 is 0 Å². The summed E-state index contributed by atoms with van der Waals surface area (Å²) in [6.45, 7) is 9.35. The quantitative estimate of drug-likeness (QED) is 0.144. The van der Waals surface area contributed by atoms with Gasteiger partial charge < -0.3 is 41.8 Å². The zero-order valence-electron chi connectivity index (χ0n) is 22.2. The van der Waals surface area contributed by atoms with Gasteiger partial charge in [0.15, 0.2) is 0 Å². The molecule has 1 aliphatic carbocycles. The summed E-state index contributed by atoms with van der Waals surface area (Å²) >= 11 is 6.66. The number of rotatable bonds is 12. The summed E-state index contributed by atoms with van der Waals surface area (Å²) in [6, 6.07) is -0.251. The van der Waals surface area contributed by atoms with Gasteiger partial charge in [-0.1, -0.05) is 13.8 Å². The highest BCUT2D eigenvalue weighted by molar-refractivity contribution is 6.20. The minimum absolute atomic E-state index is 0.0363. The van der Waals surface area contributed by atoms with Gasteiger partial charge in [0.25, 0.3) is 0 Å². The molecule has 0 radical (unpaired) electrons. The van der Waals surface area contributed by atoms with Gasteiger partial charge in [0.05, 0.1) is 44.1 Å². The fourth-order valence-electron chi connectivity index (χ4n) is 6.28. The Morgan fingerprint density at radius 2 is 2.00 bits per heavy atom. The number of likely N-dealkylation sites (N-methyl/N-ethyl adjacent to an activating group) is 1. The van der Waals surface area contributed by atoms with Crippen molar-refractivity contribution in [2.45, 2.75) is 75.7 Å². The second-order valence-corrected chi connectivity index (χ2v) is 12.0. The van der Waals surface area contributed by atoms with Crippen LogP contribution in [0.5, 0.6) is 0 Å². The van der Waals surface area contributed by atoms with E-state index in [0.717, 1.165) is 45.2 Å². The minimum Gasteiger partial charge on any atom is -0.378 e. The molecule has 0 spiro atoms. The van der Waals surface area contributed by atoms with Crippen molar-refractivity contribution in [3.63, 3.8) is 0 Å². The first-order chi connectivity index (χ1) is 16.6. The predicted molar refractivity (Wildman–Crippen MR) is 140 cm³/mol. The molecule has 2 aliphatic heterocycles. The van der Waals surface area contributed by atoms with E-state index < -0.39 is 12.1 Å². The van der Waals surface area contributed by atoms with Crippen molar-refractivity contribution in [2.24, 2.45) is 28.2 Å². The van der Waals surface area contributed by atoms with Gasteiger partial charge in [-0.05, 0) is 63.6 Å². The molecular weight excluding hydrogens is 468 g/mol. The summed E-state index contributed by atoms with van der Waals surface area (Å²) in [4.78, 5) is 15.7. The third-order valence-corrected chi connectivity index (χ3v) is 8.89. The van der Waals surface area contributed by atoms with E-state index in [4.69, 9.17) is 32.5 Å². The number of hydrogen-bond donors (Lipinski definition) is 5. The van der Waals surface area contributed by atoms with Gasteiger partial charge in [-0.3, -0.25) is 4.79 Å². The number of nitrogens with one attached hydrogen (secondary N) is 3. The highest BCUT2D eigenvalue weighted by Gasteiger charge is 2.64. The summed E-state index contributed by atoms with van der Waals surface area (Å²) < 4.78 is 11.8. The van der Waals surface area contributed by atoms with Crippen LogP contribution >= 0.6 is 11.6 Å². The number of hydrogen-bond acceptors (Lipinski definition) is 8. The Balaban J connectivity index is 1.59. The largest absolute Gasteiger partial charge is 0.378 e. The molecule has 3 aliphatic rings. The Morgan fingerprint density at radius 3 is 2.69 bits per heavy atom. The Morgan fingerprint density at radius 1 is 1.23 bits per heavy atom. The van der Waals surface area contributed by atoms with Gasteiger partial charge in [-0.15, -0.1) is 11.6 Å². The number of carbonyl (C=O) groups is 1. The molecule has 1 amide bonds. The van der Waals surface area contributed by atoms with Crippen molar-refractivity contribution in [2.75, 3.05) is 60.1 Å². The van der Waals surface area contributed by atoms with Crippen LogP contribution in [-0.2, 0) is 14.3 Å². The molecule has 0 aromatic heterocycles. The maximum Gasteiger partial charge on any atom is 0.227 e. The van der Waals surface area contributed by atoms with E-state index in [-0.39, 0.29) is 40.3 Å². The smallest absolute Gasteiger partial charge is 0.227 e. The highest BCUT2D eigenvalue weighted by atomic mass is 35.5. The van der Waals surface area contributed by atoms with Crippen LogP contribution in [0.2, 0.25) is 0 Å². The highest BCUT2D eigenvalue weighted by Crippen LogP contribution is 2.71. The van der Waals surface area contributed by atoms with Gasteiger partial charge in [0, 0.05) is 31.1 Å². The summed E-state index contributed by atoms with van der Waals surface area (Å²) in [5.74, 6) is -0.649. The molecule has 3 fully saturated rings. The number of amides is 1. The van der Waals surface area contributed by atoms with Crippen molar-refractivity contribution in [3.05, 3.63) is 0 Å². The average Bonchev–Trinajstić information content (AvgIpc) is 3.35. The van der Waals surface area contributed by atoms with Gasteiger partial charge in [0.1, 0.15) is 0 Å². The molecule has 1 saturated carbocycles. The maximum atomic E-state index is 13.6. The molecule has 35 heavy (non-hydrogen) atoms. The van der Waals surface area contributed by atoms with E-state index in [1.165, 1.54) is 0 Å². The lowest BCUT2D eigenvalue weighted by Crippen LogP contribution is -2.62. The van der Waals surface area contributed by atoms with Crippen LogP contribution in [0.15, 0.2) is 0 Å². The Bertz CT molecular complexity index is 686. The van der Waals surface area contributed by atoms with Gasteiger partial charge in [-0.25, -0.2) is 0 Å². The van der Waals surface area contributed by atoms with E-state index in [0.29, 0.717) is 32.9 Å². The molecule has 7 atom stereocenters. The summed E-state index contributed by atoms with van der Waals surface area (Å²) in [5, 5.41) is 10.2. The van der Waals surface area contributed by atoms with Crippen molar-refractivity contribution in [1.29, 1.82) is 0 Å². The predicted octanol–water partition coefficient (Wildman–Crippen LogP) is 0.453. The SMILES string of the molecule is CCC12CC(C(C(=O)NC3CNCCC3OCCOCCN(C)C)C(N)N)NCC(Cl)CC1(C)C2. The van der Waals surface area contributed by atoms with Crippen molar-refractivity contribution in [1.82, 2.24) is 20.9 Å². The molecule has 9 nitrogen and oxygen atoms in total. The third kappa shape index (κ3) is 7.51. The average molecular weight is 517 g/mol. The Hall–Kier alpha value is -0.520. The number of nitrogens with two attached hydrogens (primary N) is 2. The summed E-state index contributed by atoms with van der Waals surface area (Å²) in [7, 11) is 4.04. The number of piperidine rings is 1. The van der Waals surface area contributed by atoms with E-state index >= 15 is 0 Å². The fourth-order valence-corrected chi connectivity index (χ4v) is 6.71. The Kier molecular flexibility index (Phi) is 10.6. The van der Waals surface area contributed by atoms with Crippen LogP contribution in [-0.4, -0.2) is 101 Å². The third-order valence-electron chi connectivity index (χ3n) is 8.58. The van der Waals surface area contributed by atoms with Crippen molar-refractivity contribution < 1.29 is 14.3 Å². The van der Waals surface area contributed by atoms with Crippen LogP contribution in [0.4, 0.5) is 0 Å². The van der Waals surface area contributed by atoms with E-state index in [1.54, 1.807) is 0 Å². The molecule has 204 valence electrons. The number of halogens is 1. The van der Waals surface area contributed by atoms with E-state index in [2.05, 4.69) is 34.7 Å². The molecule has 3 rings (SSSR count). The normalized spacial score (nSPS) is 36.4. The number of nitrogens with zero attached hydrogens (tertiary/aromatic N) is 1. The first-order valence-electron chi connectivity index (χ1n) is 13.3. The number of alkyl halides is 1. The molecule has 0 bridgehead atoms. The zero-order chi connectivity index (χ0) is 25.6. The number of carbonyl (C=O) groups excluding carboxylic acids is 1. The lowest BCUT2D eigenvalue weighted by Gasteiger charge is -2.39. The molecule has 7 N–H and O–H groups in total. The molecule has 10 heteroatoms. The van der Waals surface area contributed by atoms with Crippen LogP contribution in [0.25, 0.3) is 0 Å². The van der Waals surface area contributed by atoms with Crippen LogP contribution < -0.4 is 27.4 Å². The van der Waals surface area contributed by atoms with Crippen molar-refractivity contribution >= 4 is 17.5 Å².